The van der Waals surface area contributed by atoms with E-state index in [9.17, 15) is 4.79 Å². The number of nitrogens with zero attached hydrogens (tertiary/aromatic N) is 1. The van der Waals surface area contributed by atoms with Crippen LogP contribution in [0.1, 0.15) is 53.4 Å². The predicted molar refractivity (Wildman–Crippen MR) is 71.4 cm³/mol. The van der Waals surface area contributed by atoms with Crippen LogP contribution in [-0.2, 0) is 4.84 Å². The number of carbonyl (C=O) groups excluding carboxylic acids is 1. The van der Waals surface area contributed by atoms with E-state index in [0.29, 0.717) is 12.5 Å². The van der Waals surface area contributed by atoms with Gasteiger partial charge < -0.3 is 5.32 Å². The molecule has 4 nitrogen and oxygen atoms in total. The Morgan fingerprint density at radius 3 is 2.72 bits per heavy atom. The standard InChI is InChI=1S/C14H24N2O2/c1-5-8-15-12(17)18-16-11-9-10-6-7-14(11,4)13(10,2)3/h10H,5-9H2,1-4H3,(H,15,17)/b16-11-/t10-,14-/m0/s1. The molecule has 1 amide bonds. The number of fused-ring (bicyclic) bond motifs is 2. The molecule has 0 spiro atoms. The van der Waals surface area contributed by atoms with Crippen LogP contribution >= 0.6 is 0 Å². The molecule has 1 N–H and O–H groups in total. The highest BCUT2D eigenvalue weighted by molar-refractivity contribution is 5.94. The third-order valence-electron chi connectivity index (χ3n) is 5.27. The fourth-order valence-corrected chi connectivity index (χ4v) is 3.42. The summed E-state index contributed by atoms with van der Waals surface area (Å²) in [5, 5.41) is 6.80. The second kappa shape index (κ2) is 4.56. The van der Waals surface area contributed by atoms with E-state index in [-0.39, 0.29) is 10.8 Å². The Morgan fingerprint density at radius 1 is 1.50 bits per heavy atom. The highest BCUT2D eigenvalue weighted by Gasteiger charge is 2.60. The zero-order chi connectivity index (χ0) is 13.4. The van der Waals surface area contributed by atoms with Gasteiger partial charge in [0.15, 0.2) is 0 Å². The summed E-state index contributed by atoms with van der Waals surface area (Å²) in [5.41, 5.74) is 1.44. The van der Waals surface area contributed by atoms with Crippen LogP contribution in [0.5, 0.6) is 0 Å². The van der Waals surface area contributed by atoms with Crippen LogP contribution < -0.4 is 5.32 Å². The van der Waals surface area contributed by atoms with Crippen LogP contribution in [0.3, 0.4) is 0 Å². The van der Waals surface area contributed by atoms with E-state index in [1.54, 1.807) is 0 Å². The highest BCUT2D eigenvalue weighted by atomic mass is 16.7. The van der Waals surface area contributed by atoms with E-state index in [2.05, 4.69) is 31.2 Å². The van der Waals surface area contributed by atoms with Crippen molar-refractivity contribution >= 4 is 11.8 Å². The molecule has 0 heterocycles. The lowest BCUT2D eigenvalue weighted by atomic mass is 9.70. The summed E-state index contributed by atoms with van der Waals surface area (Å²) < 4.78 is 0. The van der Waals surface area contributed by atoms with Gasteiger partial charge in [-0.25, -0.2) is 4.79 Å². The molecule has 0 radical (unpaired) electrons. The molecule has 0 aromatic rings. The smallest absolute Gasteiger partial charge is 0.320 e. The monoisotopic (exact) mass is 252 g/mol. The Morgan fingerprint density at radius 2 is 2.22 bits per heavy atom. The van der Waals surface area contributed by atoms with E-state index < -0.39 is 6.09 Å². The van der Waals surface area contributed by atoms with Gasteiger partial charge in [-0.15, -0.1) is 0 Å². The molecule has 2 aliphatic carbocycles. The minimum absolute atomic E-state index is 0.0999. The lowest BCUT2D eigenvalue weighted by Crippen LogP contribution is -2.33. The lowest BCUT2D eigenvalue weighted by Gasteiger charge is -2.34. The lowest BCUT2D eigenvalue weighted by molar-refractivity contribution is 0.146. The number of oxime groups is 1. The molecule has 2 aliphatic rings. The van der Waals surface area contributed by atoms with Gasteiger partial charge in [-0.05, 0) is 37.0 Å². The maximum absolute atomic E-state index is 11.4. The van der Waals surface area contributed by atoms with E-state index in [1.807, 2.05) is 6.92 Å². The first-order chi connectivity index (χ1) is 8.41. The number of rotatable bonds is 3. The fraction of sp³-hybridized carbons (Fsp3) is 0.857. The second-order valence-corrected chi connectivity index (χ2v) is 6.34. The summed E-state index contributed by atoms with van der Waals surface area (Å²) in [6, 6.07) is 0. The molecule has 0 aromatic heterocycles. The van der Waals surface area contributed by atoms with Gasteiger partial charge >= 0.3 is 6.09 Å². The Bertz CT molecular complexity index is 376. The molecule has 0 saturated heterocycles. The normalized spacial score (nSPS) is 34.9. The van der Waals surface area contributed by atoms with Crippen LogP contribution in [0.15, 0.2) is 5.16 Å². The van der Waals surface area contributed by atoms with E-state index >= 15 is 0 Å². The number of amides is 1. The highest BCUT2D eigenvalue weighted by Crippen LogP contribution is 2.63. The van der Waals surface area contributed by atoms with Gasteiger partial charge in [0.05, 0.1) is 5.71 Å². The number of hydrogen-bond donors (Lipinski definition) is 1. The first-order valence-corrected chi connectivity index (χ1v) is 6.94. The van der Waals surface area contributed by atoms with Gasteiger partial charge in [0.2, 0.25) is 0 Å². The molecule has 0 unspecified atom stereocenters. The predicted octanol–water partition coefficient (Wildman–Crippen LogP) is 3.32. The summed E-state index contributed by atoms with van der Waals surface area (Å²) in [5.74, 6) is 0.684. The van der Waals surface area contributed by atoms with Crippen molar-refractivity contribution in [2.75, 3.05) is 6.54 Å². The molecule has 2 bridgehead atoms. The first-order valence-electron chi connectivity index (χ1n) is 6.94. The van der Waals surface area contributed by atoms with E-state index in [1.165, 1.54) is 6.42 Å². The van der Waals surface area contributed by atoms with Gasteiger partial charge in [0.1, 0.15) is 0 Å². The maximum Gasteiger partial charge on any atom is 0.433 e. The summed E-state index contributed by atoms with van der Waals surface area (Å²) in [4.78, 5) is 16.4. The van der Waals surface area contributed by atoms with Crippen molar-refractivity contribution in [1.82, 2.24) is 5.32 Å². The van der Waals surface area contributed by atoms with E-state index in [0.717, 1.165) is 25.0 Å². The van der Waals surface area contributed by atoms with Gasteiger partial charge in [-0.1, -0.05) is 32.9 Å². The molecule has 102 valence electrons. The summed E-state index contributed by atoms with van der Waals surface area (Å²) >= 11 is 0. The average Bonchev–Trinajstić information content (AvgIpc) is 2.66. The zero-order valence-corrected chi connectivity index (χ0v) is 11.9. The minimum atomic E-state index is -0.437. The molecular weight excluding hydrogens is 228 g/mol. The summed E-state index contributed by atoms with van der Waals surface area (Å²) in [6.45, 7) is 9.52. The van der Waals surface area contributed by atoms with Crippen molar-refractivity contribution in [1.29, 1.82) is 0 Å². The third kappa shape index (κ3) is 1.91. The molecule has 4 heteroatoms. The Kier molecular flexibility index (Phi) is 3.39. The first kappa shape index (κ1) is 13.4. The van der Waals surface area contributed by atoms with Gasteiger partial charge in [0.25, 0.3) is 0 Å². The molecule has 0 aromatic carbocycles. The van der Waals surface area contributed by atoms with Crippen molar-refractivity contribution in [3.63, 3.8) is 0 Å². The van der Waals surface area contributed by atoms with Crippen LogP contribution in [0.2, 0.25) is 0 Å². The SMILES string of the molecule is CCCNC(=O)O/N=C1/C[C@@H]2CC[C@]1(C)C2(C)C. The quantitative estimate of drug-likeness (QED) is 0.618. The van der Waals surface area contributed by atoms with Gasteiger partial charge in [-0.2, -0.15) is 0 Å². The van der Waals surface area contributed by atoms with E-state index in [4.69, 9.17) is 4.84 Å². The van der Waals surface area contributed by atoms with Crippen LogP contribution in [0, 0.1) is 16.7 Å². The zero-order valence-electron chi connectivity index (χ0n) is 11.9. The molecule has 2 fully saturated rings. The molecule has 18 heavy (non-hydrogen) atoms. The second-order valence-electron chi connectivity index (χ2n) is 6.34. The van der Waals surface area contributed by atoms with Gasteiger partial charge in [-0.3, -0.25) is 4.84 Å². The van der Waals surface area contributed by atoms with Crippen LogP contribution in [0.25, 0.3) is 0 Å². The Balaban J connectivity index is 2.01. The molecule has 2 rings (SSSR count). The minimum Gasteiger partial charge on any atom is -0.320 e. The van der Waals surface area contributed by atoms with Crippen molar-refractivity contribution in [3.8, 4) is 0 Å². The van der Waals surface area contributed by atoms with Crippen molar-refractivity contribution in [3.05, 3.63) is 0 Å². The Hall–Kier alpha value is -1.06. The number of carbonyl (C=O) groups is 1. The summed E-state index contributed by atoms with van der Waals surface area (Å²) in [7, 11) is 0. The summed E-state index contributed by atoms with van der Waals surface area (Å²) in [6.07, 6.45) is 3.87. The largest absolute Gasteiger partial charge is 0.433 e. The molecule has 2 saturated carbocycles. The molecule has 2 atom stereocenters. The van der Waals surface area contributed by atoms with Crippen LogP contribution in [0.4, 0.5) is 4.79 Å². The van der Waals surface area contributed by atoms with Crippen molar-refractivity contribution in [2.45, 2.75) is 53.4 Å². The number of nitrogens with one attached hydrogen (secondary N) is 1. The third-order valence-corrected chi connectivity index (χ3v) is 5.27. The Labute approximate surface area is 109 Å². The number of hydrogen-bond acceptors (Lipinski definition) is 3. The molecular formula is C14H24N2O2. The fourth-order valence-electron chi connectivity index (χ4n) is 3.42. The maximum atomic E-state index is 11.4. The van der Waals surface area contributed by atoms with Crippen molar-refractivity contribution in [2.24, 2.45) is 21.9 Å². The molecule has 0 aliphatic heterocycles. The van der Waals surface area contributed by atoms with Crippen LogP contribution in [-0.4, -0.2) is 18.3 Å². The topological polar surface area (TPSA) is 50.7 Å². The average molecular weight is 252 g/mol. The van der Waals surface area contributed by atoms with Gasteiger partial charge in [0, 0.05) is 12.0 Å². The van der Waals surface area contributed by atoms with Crippen molar-refractivity contribution < 1.29 is 9.63 Å².